The number of aromatic nitrogens is 2. The molecule has 116 valence electrons. The number of hydrogen-bond acceptors (Lipinski definition) is 6. The van der Waals surface area contributed by atoms with Gasteiger partial charge in [-0.2, -0.15) is 9.97 Å². The maximum absolute atomic E-state index is 5.89. The van der Waals surface area contributed by atoms with Crippen LogP contribution in [0.1, 0.15) is 33.6 Å². The Bertz CT molecular complexity index is 495. The van der Waals surface area contributed by atoms with E-state index in [1.807, 2.05) is 6.07 Å². The van der Waals surface area contributed by atoms with Gasteiger partial charge in [-0.3, -0.25) is 0 Å². The lowest BCUT2D eigenvalue weighted by molar-refractivity contribution is 0.340. The number of rotatable bonds is 2. The fourth-order valence-corrected chi connectivity index (χ4v) is 3.30. The van der Waals surface area contributed by atoms with Crippen LogP contribution in [0.15, 0.2) is 6.07 Å². The van der Waals surface area contributed by atoms with Crippen molar-refractivity contribution in [1.29, 1.82) is 0 Å². The lowest BCUT2D eigenvalue weighted by Crippen LogP contribution is -2.40. The van der Waals surface area contributed by atoms with Crippen molar-refractivity contribution < 1.29 is 0 Å². The van der Waals surface area contributed by atoms with Gasteiger partial charge in [0.2, 0.25) is 5.95 Å². The van der Waals surface area contributed by atoms with Crippen molar-refractivity contribution >= 4 is 17.6 Å². The lowest BCUT2D eigenvalue weighted by atomic mass is 9.94. The summed E-state index contributed by atoms with van der Waals surface area (Å²) in [6.45, 7) is 9.54. The molecule has 0 unspecified atom stereocenters. The summed E-state index contributed by atoms with van der Waals surface area (Å²) in [5.41, 5.74) is 5.84. The van der Waals surface area contributed by atoms with Crippen LogP contribution in [0.3, 0.4) is 0 Å². The highest BCUT2D eigenvalue weighted by Crippen LogP contribution is 2.29. The van der Waals surface area contributed by atoms with Crippen LogP contribution >= 0.6 is 0 Å². The molecule has 0 amide bonds. The average molecular weight is 290 g/mol. The number of nitrogens with one attached hydrogen (secondary N) is 2. The van der Waals surface area contributed by atoms with Gasteiger partial charge in [-0.15, -0.1) is 0 Å². The molecule has 1 aromatic heterocycles. The topological polar surface area (TPSA) is 79.1 Å². The second-order valence-electron chi connectivity index (χ2n) is 7.21. The minimum absolute atomic E-state index is 0.0430. The second kappa shape index (κ2) is 5.33. The number of hydrogen-bond donors (Lipinski definition) is 3. The molecular weight excluding hydrogens is 264 g/mol. The fraction of sp³-hybridized carbons (Fsp3) is 0.733. The summed E-state index contributed by atoms with van der Waals surface area (Å²) in [6.07, 6.45) is 2.58. The van der Waals surface area contributed by atoms with Gasteiger partial charge in [-0.25, -0.2) is 0 Å². The van der Waals surface area contributed by atoms with E-state index >= 15 is 0 Å². The van der Waals surface area contributed by atoms with E-state index in [0.29, 0.717) is 12.0 Å². The molecule has 6 nitrogen and oxygen atoms in total. The van der Waals surface area contributed by atoms with E-state index < -0.39 is 0 Å². The molecule has 6 heteroatoms. The first-order chi connectivity index (χ1) is 9.90. The van der Waals surface area contributed by atoms with Crippen LogP contribution in [0.25, 0.3) is 0 Å². The highest BCUT2D eigenvalue weighted by atomic mass is 15.3. The van der Waals surface area contributed by atoms with Crippen molar-refractivity contribution in [1.82, 2.24) is 15.3 Å². The van der Waals surface area contributed by atoms with E-state index in [-0.39, 0.29) is 5.54 Å². The smallest absolute Gasteiger partial charge is 0.223 e. The molecule has 0 spiro atoms. The maximum Gasteiger partial charge on any atom is 0.223 e. The second-order valence-corrected chi connectivity index (χ2v) is 7.21. The fourth-order valence-electron chi connectivity index (χ4n) is 3.30. The first kappa shape index (κ1) is 14.4. The van der Waals surface area contributed by atoms with Crippen molar-refractivity contribution in [3.63, 3.8) is 0 Å². The molecule has 3 rings (SSSR count). The number of anilines is 3. The Kier molecular flexibility index (Phi) is 3.65. The molecule has 0 aliphatic carbocycles. The van der Waals surface area contributed by atoms with Gasteiger partial charge in [0.1, 0.15) is 11.6 Å². The van der Waals surface area contributed by atoms with Gasteiger partial charge in [-0.05, 0) is 46.1 Å². The number of piperidine rings is 1. The monoisotopic (exact) mass is 290 g/mol. The van der Waals surface area contributed by atoms with Crippen LogP contribution in [0.5, 0.6) is 0 Å². The Morgan fingerprint density at radius 1 is 1.33 bits per heavy atom. The number of nitrogens with zero attached hydrogens (tertiary/aromatic N) is 3. The van der Waals surface area contributed by atoms with Crippen LogP contribution in [0, 0.1) is 5.92 Å². The SMILES string of the molecule is CC(C)(C)Nc1cc(N2C[C@@H]3CCCN[C@H]3C2)nc(N)n1. The largest absolute Gasteiger partial charge is 0.368 e. The van der Waals surface area contributed by atoms with Crippen molar-refractivity contribution in [3.8, 4) is 0 Å². The van der Waals surface area contributed by atoms with Gasteiger partial charge in [0.25, 0.3) is 0 Å². The van der Waals surface area contributed by atoms with E-state index in [2.05, 4.69) is 46.3 Å². The van der Waals surface area contributed by atoms with Crippen LogP contribution in [-0.4, -0.2) is 41.2 Å². The zero-order valence-electron chi connectivity index (χ0n) is 13.2. The summed E-state index contributed by atoms with van der Waals surface area (Å²) in [5.74, 6) is 2.80. The Morgan fingerprint density at radius 2 is 2.14 bits per heavy atom. The van der Waals surface area contributed by atoms with Gasteiger partial charge in [0, 0.05) is 30.7 Å². The third-order valence-corrected chi connectivity index (χ3v) is 4.16. The van der Waals surface area contributed by atoms with Crippen LogP contribution in [0.2, 0.25) is 0 Å². The molecular formula is C15H26N6. The first-order valence-corrected chi connectivity index (χ1v) is 7.82. The molecule has 4 N–H and O–H groups in total. The predicted octanol–water partition coefficient (Wildman–Crippen LogP) is 1.46. The molecule has 0 bridgehead atoms. The van der Waals surface area contributed by atoms with Gasteiger partial charge >= 0.3 is 0 Å². The van der Waals surface area contributed by atoms with Gasteiger partial charge in [0.15, 0.2) is 0 Å². The number of nitrogens with two attached hydrogens (primary N) is 1. The summed E-state index contributed by atoms with van der Waals surface area (Å²) in [6, 6.07) is 2.60. The Balaban J connectivity index is 1.79. The summed E-state index contributed by atoms with van der Waals surface area (Å²) >= 11 is 0. The molecule has 2 aliphatic rings. The zero-order chi connectivity index (χ0) is 15.0. The highest BCUT2D eigenvalue weighted by Gasteiger charge is 2.35. The third-order valence-electron chi connectivity index (χ3n) is 4.16. The maximum atomic E-state index is 5.89. The van der Waals surface area contributed by atoms with Crippen molar-refractivity contribution in [3.05, 3.63) is 6.07 Å². The number of nitrogen functional groups attached to an aromatic ring is 1. The predicted molar refractivity (Wildman–Crippen MR) is 86.5 cm³/mol. The quantitative estimate of drug-likeness (QED) is 0.765. The van der Waals surface area contributed by atoms with Gasteiger partial charge in [0.05, 0.1) is 0 Å². The summed E-state index contributed by atoms with van der Waals surface area (Å²) in [7, 11) is 0. The zero-order valence-corrected chi connectivity index (χ0v) is 13.2. The van der Waals surface area contributed by atoms with Crippen LogP contribution in [-0.2, 0) is 0 Å². The molecule has 0 radical (unpaired) electrons. The first-order valence-electron chi connectivity index (χ1n) is 7.82. The van der Waals surface area contributed by atoms with E-state index in [1.165, 1.54) is 12.8 Å². The van der Waals surface area contributed by atoms with E-state index in [4.69, 9.17) is 5.73 Å². The van der Waals surface area contributed by atoms with E-state index in [9.17, 15) is 0 Å². The van der Waals surface area contributed by atoms with Crippen molar-refractivity contribution in [2.45, 2.75) is 45.2 Å². The Labute approximate surface area is 126 Å². The molecule has 2 aliphatic heterocycles. The molecule has 1 aromatic rings. The van der Waals surface area contributed by atoms with E-state index in [1.54, 1.807) is 0 Å². The minimum atomic E-state index is -0.0430. The Hall–Kier alpha value is -1.56. The van der Waals surface area contributed by atoms with Crippen molar-refractivity contribution in [2.75, 3.05) is 35.6 Å². The molecule has 0 saturated carbocycles. The van der Waals surface area contributed by atoms with Gasteiger partial charge < -0.3 is 21.3 Å². The third kappa shape index (κ3) is 3.37. The molecule has 21 heavy (non-hydrogen) atoms. The normalized spacial score (nSPS) is 25.8. The van der Waals surface area contributed by atoms with Crippen molar-refractivity contribution in [2.24, 2.45) is 5.92 Å². The minimum Gasteiger partial charge on any atom is -0.368 e. The average Bonchev–Trinajstić information content (AvgIpc) is 2.79. The standard InChI is InChI=1S/C15H26N6/c1-15(2,3)20-12-7-13(19-14(16)18-12)21-8-10-5-4-6-17-11(10)9-21/h7,10-11,17H,4-6,8-9H2,1-3H3,(H3,16,18,19,20)/t10-,11-/m0/s1. The number of fused-ring (bicyclic) bond motifs is 1. The molecule has 2 fully saturated rings. The summed E-state index contributed by atoms with van der Waals surface area (Å²) < 4.78 is 0. The summed E-state index contributed by atoms with van der Waals surface area (Å²) in [5, 5.41) is 6.99. The van der Waals surface area contributed by atoms with Gasteiger partial charge in [-0.1, -0.05) is 0 Å². The van der Waals surface area contributed by atoms with Crippen LogP contribution < -0.4 is 21.3 Å². The van der Waals surface area contributed by atoms with E-state index in [0.717, 1.165) is 37.2 Å². The molecule has 2 saturated heterocycles. The van der Waals surface area contributed by atoms with Crippen LogP contribution in [0.4, 0.5) is 17.6 Å². The lowest BCUT2D eigenvalue weighted by Gasteiger charge is -2.24. The molecule has 3 heterocycles. The molecule has 2 atom stereocenters. The Morgan fingerprint density at radius 3 is 2.86 bits per heavy atom. The highest BCUT2D eigenvalue weighted by molar-refractivity contribution is 5.54. The summed E-state index contributed by atoms with van der Waals surface area (Å²) in [4.78, 5) is 11.1. The molecule has 0 aromatic carbocycles.